The van der Waals surface area contributed by atoms with Crippen molar-refractivity contribution in [3.8, 4) is 0 Å². The zero-order valence-corrected chi connectivity index (χ0v) is 7.38. The van der Waals surface area contributed by atoms with Crippen molar-refractivity contribution in [2.75, 3.05) is 0 Å². The topological polar surface area (TPSA) is 26.0 Å². The molecule has 14 heavy (non-hydrogen) atoms. The number of halogens is 3. The van der Waals surface area contributed by atoms with Crippen LogP contribution in [0.25, 0.3) is 0 Å². The van der Waals surface area contributed by atoms with Crippen LogP contribution < -0.4 is 5.73 Å². The van der Waals surface area contributed by atoms with Gasteiger partial charge in [-0.15, -0.1) is 6.58 Å². The number of hydrogen-bond donors (Lipinski definition) is 1. The van der Waals surface area contributed by atoms with E-state index in [1.54, 1.807) is 6.07 Å². The summed E-state index contributed by atoms with van der Waals surface area (Å²) in [5, 5.41) is 0. The normalized spacial score (nSPS) is 13.7. The van der Waals surface area contributed by atoms with Crippen LogP contribution in [0.2, 0.25) is 0 Å². The number of benzene rings is 1. The molecular weight excluding hydrogens is 191 g/mol. The predicted octanol–water partition coefficient (Wildman–Crippen LogP) is 2.89. The monoisotopic (exact) mass is 201 g/mol. The number of alkyl halides is 3. The van der Waals surface area contributed by atoms with Gasteiger partial charge in [0.15, 0.2) is 0 Å². The van der Waals surface area contributed by atoms with Gasteiger partial charge < -0.3 is 5.73 Å². The molecule has 0 aliphatic heterocycles. The quantitative estimate of drug-likeness (QED) is 0.731. The first-order valence-electron chi connectivity index (χ1n) is 4.00. The fraction of sp³-hybridized carbons (Fsp3) is 0.200. The molecule has 1 nitrogen and oxygen atoms in total. The van der Waals surface area contributed by atoms with Gasteiger partial charge in [-0.25, -0.2) is 0 Å². The summed E-state index contributed by atoms with van der Waals surface area (Å²) < 4.78 is 36.8. The van der Waals surface area contributed by atoms with Gasteiger partial charge in [0, 0.05) is 6.04 Å². The average molecular weight is 201 g/mol. The van der Waals surface area contributed by atoms with Gasteiger partial charge in [0.05, 0.1) is 5.56 Å². The summed E-state index contributed by atoms with van der Waals surface area (Å²) in [6.45, 7) is 3.42. The molecule has 0 unspecified atom stereocenters. The van der Waals surface area contributed by atoms with E-state index in [0.717, 1.165) is 12.1 Å². The molecule has 1 aromatic rings. The summed E-state index contributed by atoms with van der Waals surface area (Å²) in [4.78, 5) is 0. The van der Waals surface area contributed by atoms with E-state index in [4.69, 9.17) is 5.73 Å². The smallest absolute Gasteiger partial charge is 0.321 e. The molecule has 0 amide bonds. The zero-order chi connectivity index (χ0) is 10.8. The first-order valence-corrected chi connectivity index (χ1v) is 4.00. The molecule has 2 N–H and O–H groups in total. The summed E-state index contributed by atoms with van der Waals surface area (Å²) in [5.74, 6) is 0. The third-order valence-electron chi connectivity index (χ3n) is 1.85. The minimum absolute atomic E-state index is 0.412. The van der Waals surface area contributed by atoms with E-state index in [1.165, 1.54) is 12.1 Å². The number of nitrogens with two attached hydrogens (primary N) is 1. The summed E-state index contributed by atoms with van der Waals surface area (Å²) in [6, 6.07) is 4.37. The third kappa shape index (κ3) is 2.35. The summed E-state index contributed by atoms with van der Waals surface area (Å²) in [7, 11) is 0. The summed E-state index contributed by atoms with van der Waals surface area (Å²) >= 11 is 0. The highest BCUT2D eigenvalue weighted by Gasteiger charge is 2.30. The van der Waals surface area contributed by atoms with Crippen LogP contribution in [-0.4, -0.2) is 0 Å². The van der Waals surface area contributed by atoms with E-state index >= 15 is 0 Å². The average Bonchev–Trinajstić information content (AvgIpc) is 2.15. The van der Waals surface area contributed by atoms with Crippen molar-refractivity contribution >= 4 is 0 Å². The van der Waals surface area contributed by atoms with Crippen LogP contribution in [0.15, 0.2) is 36.9 Å². The Morgan fingerprint density at radius 3 is 2.50 bits per heavy atom. The molecule has 0 saturated heterocycles. The van der Waals surface area contributed by atoms with Crippen LogP contribution in [0.5, 0.6) is 0 Å². The SMILES string of the molecule is C=C[C@@H](N)c1cccc(C(F)(F)F)c1. The number of hydrogen-bond acceptors (Lipinski definition) is 1. The molecule has 0 saturated carbocycles. The van der Waals surface area contributed by atoms with E-state index in [2.05, 4.69) is 6.58 Å². The lowest BCUT2D eigenvalue weighted by atomic mass is 10.0. The predicted molar refractivity (Wildman–Crippen MR) is 48.6 cm³/mol. The minimum atomic E-state index is -4.32. The van der Waals surface area contributed by atoms with Crippen molar-refractivity contribution in [3.63, 3.8) is 0 Å². The minimum Gasteiger partial charge on any atom is -0.321 e. The molecule has 0 aliphatic carbocycles. The fourth-order valence-electron chi connectivity index (χ4n) is 1.06. The Morgan fingerprint density at radius 2 is 2.00 bits per heavy atom. The summed E-state index contributed by atoms with van der Waals surface area (Å²) in [6.07, 6.45) is -2.92. The Balaban J connectivity index is 3.07. The first kappa shape index (κ1) is 10.8. The van der Waals surface area contributed by atoms with Crippen LogP contribution in [0.1, 0.15) is 17.2 Å². The molecule has 1 rings (SSSR count). The van der Waals surface area contributed by atoms with Crippen molar-refractivity contribution in [2.45, 2.75) is 12.2 Å². The van der Waals surface area contributed by atoms with E-state index in [9.17, 15) is 13.2 Å². The zero-order valence-electron chi connectivity index (χ0n) is 7.38. The highest BCUT2D eigenvalue weighted by atomic mass is 19.4. The Bertz CT molecular complexity index is 330. The van der Waals surface area contributed by atoms with Crippen molar-refractivity contribution in [3.05, 3.63) is 48.0 Å². The van der Waals surface area contributed by atoms with Gasteiger partial charge in [-0.3, -0.25) is 0 Å². The Labute approximate surface area is 80.0 Å². The van der Waals surface area contributed by atoms with E-state index in [0.29, 0.717) is 5.56 Å². The second kappa shape index (κ2) is 3.84. The molecule has 4 heteroatoms. The van der Waals surface area contributed by atoms with Crippen LogP contribution in [0, 0.1) is 0 Å². The highest BCUT2D eigenvalue weighted by Crippen LogP contribution is 2.30. The molecule has 0 fully saturated rings. The van der Waals surface area contributed by atoms with Crippen LogP contribution in [-0.2, 0) is 6.18 Å². The fourth-order valence-corrected chi connectivity index (χ4v) is 1.06. The van der Waals surface area contributed by atoms with Crippen molar-refractivity contribution < 1.29 is 13.2 Å². The van der Waals surface area contributed by atoms with Crippen LogP contribution >= 0.6 is 0 Å². The van der Waals surface area contributed by atoms with Gasteiger partial charge in [0.25, 0.3) is 0 Å². The summed E-state index contributed by atoms with van der Waals surface area (Å²) in [5.41, 5.74) is 5.25. The Kier molecular flexibility index (Phi) is 2.96. The molecule has 1 atom stereocenters. The van der Waals surface area contributed by atoms with Gasteiger partial charge in [0.2, 0.25) is 0 Å². The van der Waals surface area contributed by atoms with E-state index < -0.39 is 17.8 Å². The van der Waals surface area contributed by atoms with Gasteiger partial charge in [0.1, 0.15) is 0 Å². The van der Waals surface area contributed by atoms with Crippen LogP contribution in [0.3, 0.4) is 0 Å². The van der Waals surface area contributed by atoms with Crippen molar-refractivity contribution in [1.82, 2.24) is 0 Å². The molecule has 0 bridgehead atoms. The van der Waals surface area contributed by atoms with Gasteiger partial charge in [-0.1, -0.05) is 18.2 Å². The van der Waals surface area contributed by atoms with E-state index in [-0.39, 0.29) is 0 Å². The third-order valence-corrected chi connectivity index (χ3v) is 1.85. The standard InChI is InChI=1S/C10H10F3N/c1-2-9(14)7-4-3-5-8(6-7)10(11,12)13/h2-6,9H,1,14H2/t9-/m1/s1. The highest BCUT2D eigenvalue weighted by molar-refractivity contribution is 5.29. The number of rotatable bonds is 2. The molecule has 0 radical (unpaired) electrons. The molecule has 1 aromatic carbocycles. The maximum atomic E-state index is 12.3. The molecule has 76 valence electrons. The second-order valence-electron chi connectivity index (χ2n) is 2.88. The Hall–Kier alpha value is -1.29. The van der Waals surface area contributed by atoms with Crippen molar-refractivity contribution in [2.24, 2.45) is 5.73 Å². The van der Waals surface area contributed by atoms with Gasteiger partial charge >= 0.3 is 6.18 Å². The van der Waals surface area contributed by atoms with Gasteiger partial charge in [-0.05, 0) is 17.7 Å². The molecular formula is C10H10F3N. The maximum Gasteiger partial charge on any atom is 0.416 e. The van der Waals surface area contributed by atoms with Crippen molar-refractivity contribution in [1.29, 1.82) is 0 Å². The molecule has 0 spiro atoms. The lowest BCUT2D eigenvalue weighted by molar-refractivity contribution is -0.137. The molecule has 0 heterocycles. The van der Waals surface area contributed by atoms with Crippen LogP contribution in [0.4, 0.5) is 13.2 Å². The maximum absolute atomic E-state index is 12.3. The van der Waals surface area contributed by atoms with Gasteiger partial charge in [-0.2, -0.15) is 13.2 Å². The second-order valence-corrected chi connectivity index (χ2v) is 2.88. The lowest BCUT2D eigenvalue weighted by Crippen LogP contribution is -2.10. The first-order chi connectivity index (χ1) is 6.45. The molecule has 0 aliphatic rings. The van der Waals surface area contributed by atoms with E-state index in [1.807, 2.05) is 0 Å². The lowest BCUT2D eigenvalue weighted by Gasteiger charge is -2.10. The largest absolute Gasteiger partial charge is 0.416 e. The molecule has 0 aromatic heterocycles. The Morgan fingerprint density at radius 1 is 1.36 bits per heavy atom.